The number of nitrogens with zero attached hydrogens (tertiary/aromatic N) is 1. The number of methoxy groups -OCH3 is 1. The van der Waals surface area contributed by atoms with Gasteiger partial charge in [-0.3, -0.25) is 4.90 Å². The number of rotatable bonds is 4. The molecule has 18 heavy (non-hydrogen) atoms. The Labute approximate surface area is 108 Å². The van der Waals surface area contributed by atoms with E-state index in [1.54, 1.807) is 7.11 Å². The van der Waals surface area contributed by atoms with Gasteiger partial charge in [-0.2, -0.15) is 0 Å². The molecule has 0 spiro atoms. The van der Waals surface area contributed by atoms with E-state index in [2.05, 4.69) is 11.8 Å². The van der Waals surface area contributed by atoms with Crippen LogP contribution in [-0.4, -0.2) is 49.5 Å². The van der Waals surface area contributed by atoms with Gasteiger partial charge >= 0.3 is 0 Å². The highest BCUT2D eigenvalue weighted by molar-refractivity contribution is 5.29. The fourth-order valence-electron chi connectivity index (χ4n) is 2.26. The summed E-state index contributed by atoms with van der Waals surface area (Å²) in [6, 6.07) is 7.60. The van der Waals surface area contributed by atoms with Crippen LogP contribution in [0.2, 0.25) is 0 Å². The van der Waals surface area contributed by atoms with Crippen molar-refractivity contribution in [1.82, 2.24) is 4.90 Å². The van der Waals surface area contributed by atoms with Gasteiger partial charge < -0.3 is 14.6 Å². The number of hydrogen-bond donors (Lipinski definition) is 1. The van der Waals surface area contributed by atoms with Crippen molar-refractivity contribution in [2.45, 2.75) is 19.1 Å². The third-order valence-corrected chi connectivity index (χ3v) is 3.23. The summed E-state index contributed by atoms with van der Waals surface area (Å²) >= 11 is 0. The lowest BCUT2D eigenvalue weighted by Gasteiger charge is -2.32. The van der Waals surface area contributed by atoms with Crippen LogP contribution in [0.15, 0.2) is 24.3 Å². The first-order chi connectivity index (χ1) is 8.69. The van der Waals surface area contributed by atoms with Crippen molar-refractivity contribution in [3.05, 3.63) is 29.8 Å². The molecule has 1 saturated heterocycles. The van der Waals surface area contributed by atoms with Crippen molar-refractivity contribution in [2.75, 3.05) is 33.4 Å². The summed E-state index contributed by atoms with van der Waals surface area (Å²) in [5.41, 5.74) is 0.897. The predicted octanol–water partition coefficient (Wildman–Crippen LogP) is 1.45. The van der Waals surface area contributed by atoms with Crippen molar-refractivity contribution in [2.24, 2.45) is 0 Å². The van der Waals surface area contributed by atoms with E-state index in [9.17, 15) is 5.11 Å². The van der Waals surface area contributed by atoms with Crippen molar-refractivity contribution in [1.29, 1.82) is 0 Å². The zero-order valence-corrected chi connectivity index (χ0v) is 11.0. The Morgan fingerprint density at radius 3 is 3.11 bits per heavy atom. The Hall–Kier alpha value is -1.10. The minimum atomic E-state index is -0.481. The lowest BCUT2D eigenvalue weighted by Crippen LogP contribution is -2.42. The van der Waals surface area contributed by atoms with E-state index in [4.69, 9.17) is 9.47 Å². The predicted molar refractivity (Wildman–Crippen MR) is 69.8 cm³/mol. The average molecular weight is 251 g/mol. The second-order valence-electron chi connectivity index (χ2n) is 4.73. The van der Waals surface area contributed by atoms with E-state index in [0.717, 1.165) is 31.0 Å². The molecule has 0 aliphatic carbocycles. The highest BCUT2D eigenvalue weighted by atomic mass is 16.5. The first-order valence-electron chi connectivity index (χ1n) is 6.35. The highest BCUT2D eigenvalue weighted by Crippen LogP contribution is 2.20. The molecule has 100 valence electrons. The molecule has 1 N–H and O–H groups in total. The third-order valence-electron chi connectivity index (χ3n) is 3.23. The second-order valence-corrected chi connectivity index (χ2v) is 4.73. The van der Waals surface area contributed by atoms with Gasteiger partial charge in [0.2, 0.25) is 0 Å². The van der Waals surface area contributed by atoms with Crippen LogP contribution in [0.5, 0.6) is 5.75 Å². The normalized spacial score (nSPS) is 22.7. The Morgan fingerprint density at radius 1 is 1.56 bits per heavy atom. The van der Waals surface area contributed by atoms with E-state index in [-0.39, 0.29) is 6.10 Å². The molecule has 0 aromatic heterocycles. The molecule has 1 aliphatic rings. The maximum absolute atomic E-state index is 10.2. The molecule has 0 saturated carbocycles. The SMILES string of the molecule is COc1cccc(C(O)CN2CCOC(C)C2)c1. The standard InChI is InChI=1S/C14H21NO3/c1-11-9-15(6-7-18-11)10-14(16)12-4-3-5-13(8-12)17-2/h3-5,8,11,14,16H,6-7,9-10H2,1-2H3. The van der Waals surface area contributed by atoms with Crippen LogP contribution in [0.1, 0.15) is 18.6 Å². The van der Waals surface area contributed by atoms with Crippen LogP contribution < -0.4 is 4.74 Å². The van der Waals surface area contributed by atoms with Crippen LogP contribution in [0, 0.1) is 0 Å². The quantitative estimate of drug-likeness (QED) is 0.879. The largest absolute Gasteiger partial charge is 0.497 e. The number of aliphatic hydroxyl groups is 1. The van der Waals surface area contributed by atoms with E-state index in [0.29, 0.717) is 6.54 Å². The molecule has 1 fully saturated rings. The summed E-state index contributed by atoms with van der Waals surface area (Å²) in [6.07, 6.45) is -0.235. The van der Waals surface area contributed by atoms with Crippen molar-refractivity contribution >= 4 is 0 Å². The Kier molecular flexibility index (Phi) is 4.58. The lowest BCUT2D eigenvalue weighted by atomic mass is 10.1. The number of aliphatic hydroxyl groups excluding tert-OH is 1. The topological polar surface area (TPSA) is 41.9 Å². The molecule has 4 heteroatoms. The van der Waals surface area contributed by atoms with Gasteiger partial charge in [0.05, 0.1) is 25.9 Å². The van der Waals surface area contributed by atoms with Crippen molar-refractivity contribution in [3.8, 4) is 5.75 Å². The molecule has 2 atom stereocenters. The average Bonchev–Trinajstić information content (AvgIpc) is 2.39. The van der Waals surface area contributed by atoms with Crippen LogP contribution >= 0.6 is 0 Å². The third kappa shape index (κ3) is 3.45. The van der Waals surface area contributed by atoms with Crippen LogP contribution in [0.3, 0.4) is 0 Å². The smallest absolute Gasteiger partial charge is 0.119 e. The van der Waals surface area contributed by atoms with Gasteiger partial charge in [0.25, 0.3) is 0 Å². The molecular formula is C14H21NO3. The number of ether oxygens (including phenoxy) is 2. The summed E-state index contributed by atoms with van der Waals surface area (Å²) in [6.45, 7) is 5.20. The second kappa shape index (κ2) is 6.18. The monoisotopic (exact) mass is 251 g/mol. The van der Waals surface area contributed by atoms with E-state index >= 15 is 0 Å². The van der Waals surface area contributed by atoms with Gasteiger partial charge in [-0.25, -0.2) is 0 Å². The molecular weight excluding hydrogens is 230 g/mol. The number of benzene rings is 1. The van der Waals surface area contributed by atoms with Gasteiger partial charge in [-0.1, -0.05) is 12.1 Å². The first kappa shape index (κ1) is 13.3. The van der Waals surface area contributed by atoms with Crippen LogP contribution in [0.4, 0.5) is 0 Å². The number of morpholine rings is 1. The minimum absolute atomic E-state index is 0.247. The molecule has 1 aliphatic heterocycles. The maximum atomic E-state index is 10.2. The van der Waals surface area contributed by atoms with Gasteiger partial charge in [0, 0.05) is 19.6 Å². The van der Waals surface area contributed by atoms with Gasteiger partial charge in [0.15, 0.2) is 0 Å². The summed E-state index contributed by atoms with van der Waals surface area (Å²) < 4.78 is 10.7. The van der Waals surface area contributed by atoms with Gasteiger partial charge in [0.1, 0.15) is 5.75 Å². The summed E-state index contributed by atoms with van der Waals surface area (Å²) in [5.74, 6) is 0.780. The van der Waals surface area contributed by atoms with E-state index < -0.39 is 6.10 Å². The molecule has 1 heterocycles. The number of hydrogen-bond acceptors (Lipinski definition) is 4. The molecule has 2 unspecified atom stereocenters. The highest BCUT2D eigenvalue weighted by Gasteiger charge is 2.20. The molecule has 1 aromatic rings. The fraction of sp³-hybridized carbons (Fsp3) is 0.571. The Bertz CT molecular complexity index is 383. The van der Waals surface area contributed by atoms with Crippen molar-refractivity contribution in [3.63, 3.8) is 0 Å². The Balaban J connectivity index is 1.95. The van der Waals surface area contributed by atoms with Gasteiger partial charge in [-0.05, 0) is 24.6 Å². The molecule has 1 aromatic carbocycles. The van der Waals surface area contributed by atoms with E-state index in [1.165, 1.54) is 0 Å². The zero-order valence-electron chi connectivity index (χ0n) is 11.0. The number of β-amino-alcohol motifs (C(OH)–C–C–N with tert-alkyl or cyclic N) is 1. The lowest BCUT2D eigenvalue weighted by molar-refractivity contribution is -0.0319. The first-order valence-corrected chi connectivity index (χ1v) is 6.35. The summed E-state index contributed by atoms with van der Waals surface area (Å²) in [7, 11) is 1.63. The van der Waals surface area contributed by atoms with Crippen LogP contribution in [-0.2, 0) is 4.74 Å². The summed E-state index contributed by atoms with van der Waals surface area (Å²) in [5, 5.41) is 10.2. The van der Waals surface area contributed by atoms with Crippen molar-refractivity contribution < 1.29 is 14.6 Å². The molecule has 0 radical (unpaired) electrons. The van der Waals surface area contributed by atoms with Crippen LogP contribution in [0.25, 0.3) is 0 Å². The van der Waals surface area contributed by atoms with E-state index in [1.807, 2.05) is 24.3 Å². The maximum Gasteiger partial charge on any atom is 0.119 e. The molecule has 0 bridgehead atoms. The fourth-order valence-corrected chi connectivity index (χ4v) is 2.26. The molecule has 0 amide bonds. The molecule has 2 rings (SSSR count). The Morgan fingerprint density at radius 2 is 2.39 bits per heavy atom. The summed E-state index contributed by atoms with van der Waals surface area (Å²) in [4.78, 5) is 2.23. The molecule has 4 nitrogen and oxygen atoms in total. The zero-order chi connectivity index (χ0) is 13.0. The van der Waals surface area contributed by atoms with Gasteiger partial charge in [-0.15, -0.1) is 0 Å². The minimum Gasteiger partial charge on any atom is -0.497 e.